The molecule has 2 nitrogen and oxygen atoms in total. The van der Waals surface area contributed by atoms with Crippen molar-refractivity contribution in [1.82, 2.24) is 10.6 Å². The molecule has 0 saturated carbocycles. The van der Waals surface area contributed by atoms with Gasteiger partial charge in [0.05, 0.1) is 0 Å². The highest BCUT2D eigenvalue weighted by molar-refractivity contribution is 4.91. The predicted octanol–water partition coefficient (Wildman–Crippen LogP) is 2.54. The summed E-state index contributed by atoms with van der Waals surface area (Å²) >= 11 is 0. The molecule has 2 N–H and O–H groups in total. The third-order valence-electron chi connectivity index (χ3n) is 4.38. The lowest BCUT2D eigenvalue weighted by Crippen LogP contribution is -2.48. The van der Waals surface area contributed by atoms with Crippen LogP contribution in [0.25, 0.3) is 0 Å². The third-order valence-corrected chi connectivity index (χ3v) is 4.38. The highest BCUT2D eigenvalue weighted by Gasteiger charge is 2.32. The van der Waals surface area contributed by atoms with E-state index in [1.54, 1.807) is 0 Å². The monoisotopic (exact) mass is 212 g/mol. The number of hydrogen-bond acceptors (Lipinski definition) is 2. The average Bonchev–Trinajstić information content (AvgIpc) is 2.69. The quantitative estimate of drug-likeness (QED) is 0.707. The molecule has 0 aliphatic carbocycles. The van der Waals surface area contributed by atoms with Crippen LogP contribution in [0.3, 0.4) is 0 Å². The van der Waals surface area contributed by atoms with E-state index in [1.807, 2.05) is 0 Å². The molecule has 90 valence electrons. The number of hydrogen-bond donors (Lipinski definition) is 2. The third kappa shape index (κ3) is 3.18. The fraction of sp³-hybridized carbons (Fsp3) is 1.00. The molecule has 0 radical (unpaired) electrons. The molecule has 0 amide bonds. The Bertz CT molecular complexity index is 171. The SMILES string of the molecule is CCC(CC)(CC)NCC1(C)CCNC1. The first kappa shape index (κ1) is 13.0. The van der Waals surface area contributed by atoms with Gasteiger partial charge in [0, 0.05) is 18.6 Å². The summed E-state index contributed by atoms with van der Waals surface area (Å²) < 4.78 is 0. The molecule has 1 atom stereocenters. The molecule has 0 aromatic carbocycles. The van der Waals surface area contributed by atoms with Gasteiger partial charge in [0.2, 0.25) is 0 Å². The van der Waals surface area contributed by atoms with Crippen LogP contribution >= 0.6 is 0 Å². The highest BCUT2D eigenvalue weighted by atomic mass is 15.0. The molecule has 0 bridgehead atoms. The molecule has 1 aliphatic rings. The summed E-state index contributed by atoms with van der Waals surface area (Å²) in [6.07, 6.45) is 5.03. The molecule has 0 aromatic rings. The van der Waals surface area contributed by atoms with Gasteiger partial charge in [-0.15, -0.1) is 0 Å². The van der Waals surface area contributed by atoms with Crippen molar-refractivity contribution < 1.29 is 0 Å². The van der Waals surface area contributed by atoms with Gasteiger partial charge in [-0.3, -0.25) is 0 Å². The lowest BCUT2D eigenvalue weighted by molar-refractivity contribution is 0.232. The van der Waals surface area contributed by atoms with Crippen molar-refractivity contribution >= 4 is 0 Å². The molecule has 1 fully saturated rings. The largest absolute Gasteiger partial charge is 0.316 e. The number of rotatable bonds is 6. The van der Waals surface area contributed by atoms with E-state index in [1.165, 1.54) is 38.8 Å². The summed E-state index contributed by atoms with van der Waals surface area (Å²) in [5.74, 6) is 0. The van der Waals surface area contributed by atoms with Crippen LogP contribution < -0.4 is 10.6 Å². The Hall–Kier alpha value is -0.0800. The van der Waals surface area contributed by atoms with Crippen molar-refractivity contribution in [3.05, 3.63) is 0 Å². The van der Waals surface area contributed by atoms with E-state index in [9.17, 15) is 0 Å². The maximum Gasteiger partial charge on any atom is 0.0173 e. The topological polar surface area (TPSA) is 24.1 Å². The van der Waals surface area contributed by atoms with E-state index >= 15 is 0 Å². The molecular formula is C13H28N2. The molecule has 1 rings (SSSR count). The van der Waals surface area contributed by atoms with Crippen LogP contribution in [0.5, 0.6) is 0 Å². The minimum atomic E-state index is 0.381. The molecular weight excluding hydrogens is 184 g/mol. The minimum absolute atomic E-state index is 0.381. The number of nitrogens with one attached hydrogen (secondary N) is 2. The van der Waals surface area contributed by atoms with Crippen molar-refractivity contribution in [2.24, 2.45) is 5.41 Å². The minimum Gasteiger partial charge on any atom is -0.316 e. The van der Waals surface area contributed by atoms with E-state index < -0.39 is 0 Å². The van der Waals surface area contributed by atoms with Crippen LogP contribution in [0.1, 0.15) is 53.4 Å². The lowest BCUT2D eigenvalue weighted by atomic mass is 9.85. The second kappa shape index (κ2) is 5.31. The van der Waals surface area contributed by atoms with Crippen LogP contribution in [0.4, 0.5) is 0 Å². The van der Waals surface area contributed by atoms with E-state index in [0.29, 0.717) is 11.0 Å². The van der Waals surface area contributed by atoms with Gasteiger partial charge >= 0.3 is 0 Å². The van der Waals surface area contributed by atoms with E-state index in [2.05, 4.69) is 38.3 Å². The Kier molecular flexibility index (Phi) is 4.60. The summed E-state index contributed by atoms with van der Waals surface area (Å²) in [6, 6.07) is 0. The second-order valence-electron chi connectivity index (χ2n) is 5.43. The van der Waals surface area contributed by atoms with Crippen molar-refractivity contribution in [3.63, 3.8) is 0 Å². The standard InChI is InChI=1S/C13H28N2/c1-5-13(6-2,7-3)15-11-12(4)8-9-14-10-12/h14-15H,5-11H2,1-4H3. The second-order valence-corrected chi connectivity index (χ2v) is 5.43. The first-order chi connectivity index (χ1) is 7.10. The Labute approximate surface area is 95.2 Å². The zero-order valence-corrected chi connectivity index (χ0v) is 10.9. The molecule has 15 heavy (non-hydrogen) atoms. The van der Waals surface area contributed by atoms with Crippen molar-refractivity contribution in [2.45, 2.75) is 58.9 Å². The van der Waals surface area contributed by atoms with Crippen LogP contribution in [0.2, 0.25) is 0 Å². The highest BCUT2D eigenvalue weighted by Crippen LogP contribution is 2.26. The molecule has 1 saturated heterocycles. The van der Waals surface area contributed by atoms with Gasteiger partial charge in [-0.2, -0.15) is 0 Å². The zero-order chi connectivity index (χ0) is 11.4. The van der Waals surface area contributed by atoms with Gasteiger partial charge in [-0.25, -0.2) is 0 Å². The van der Waals surface area contributed by atoms with Gasteiger partial charge in [-0.1, -0.05) is 27.7 Å². The first-order valence-electron chi connectivity index (χ1n) is 6.55. The Morgan fingerprint density at radius 2 is 1.80 bits per heavy atom. The van der Waals surface area contributed by atoms with E-state index in [0.717, 1.165) is 6.54 Å². The molecule has 0 spiro atoms. The summed E-state index contributed by atoms with van der Waals surface area (Å²) in [4.78, 5) is 0. The summed E-state index contributed by atoms with van der Waals surface area (Å²) in [7, 11) is 0. The Morgan fingerprint density at radius 3 is 2.20 bits per heavy atom. The van der Waals surface area contributed by atoms with Crippen LogP contribution in [-0.2, 0) is 0 Å². The Balaban J connectivity index is 2.45. The van der Waals surface area contributed by atoms with Gasteiger partial charge in [0.15, 0.2) is 0 Å². The lowest BCUT2D eigenvalue weighted by Gasteiger charge is -2.36. The normalized spacial score (nSPS) is 27.2. The summed E-state index contributed by atoms with van der Waals surface area (Å²) in [5.41, 5.74) is 0.857. The molecule has 1 aliphatic heterocycles. The maximum atomic E-state index is 3.82. The van der Waals surface area contributed by atoms with Gasteiger partial charge in [0.1, 0.15) is 0 Å². The van der Waals surface area contributed by atoms with Crippen molar-refractivity contribution in [1.29, 1.82) is 0 Å². The summed E-state index contributed by atoms with van der Waals surface area (Å²) in [6.45, 7) is 12.8. The van der Waals surface area contributed by atoms with Gasteiger partial charge in [0.25, 0.3) is 0 Å². The molecule has 0 aromatic heterocycles. The predicted molar refractivity (Wildman–Crippen MR) is 67.2 cm³/mol. The van der Waals surface area contributed by atoms with E-state index in [4.69, 9.17) is 0 Å². The maximum absolute atomic E-state index is 3.82. The first-order valence-corrected chi connectivity index (χ1v) is 6.55. The van der Waals surface area contributed by atoms with E-state index in [-0.39, 0.29) is 0 Å². The van der Waals surface area contributed by atoms with Crippen molar-refractivity contribution in [2.75, 3.05) is 19.6 Å². The fourth-order valence-corrected chi connectivity index (χ4v) is 2.55. The van der Waals surface area contributed by atoms with Crippen LogP contribution in [0, 0.1) is 5.41 Å². The van der Waals surface area contributed by atoms with Crippen LogP contribution in [-0.4, -0.2) is 25.2 Å². The molecule has 2 heteroatoms. The molecule has 1 heterocycles. The average molecular weight is 212 g/mol. The fourth-order valence-electron chi connectivity index (χ4n) is 2.55. The van der Waals surface area contributed by atoms with Crippen molar-refractivity contribution in [3.8, 4) is 0 Å². The Morgan fingerprint density at radius 1 is 1.20 bits per heavy atom. The molecule has 1 unspecified atom stereocenters. The van der Waals surface area contributed by atoms with Crippen LogP contribution in [0.15, 0.2) is 0 Å². The van der Waals surface area contributed by atoms with Gasteiger partial charge in [-0.05, 0) is 37.6 Å². The summed E-state index contributed by atoms with van der Waals surface area (Å²) in [5, 5.41) is 7.29. The van der Waals surface area contributed by atoms with Gasteiger partial charge < -0.3 is 10.6 Å². The smallest absolute Gasteiger partial charge is 0.0173 e. The zero-order valence-electron chi connectivity index (χ0n) is 10.9.